The van der Waals surface area contributed by atoms with E-state index in [0.29, 0.717) is 6.04 Å². The lowest BCUT2D eigenvalue weighted by atomic mass is 10.3. The molecule has 0 aromatic carbocycles. The molecule has 5 nitrogen and oxygen atoms in total. The first-order chi connectivity index (χ1) is 7.11. The van der Waals surface area contributed by atoms with E-state index in [1.54, 1.807) is 11.0 Å². The number of hydrogen-bond acceptors (Lipinski definition) is 4. The molecule has 15 heavy (non-hydrogen) atoms. The Morgan fingerprint density at radius 3 is 2.73 bits per heavy atom. The van der Waals surface area contributed by atoms with Crippen LogP contribution in [0.5, 0.6) is 0 Å². The lowest BCUT2D eigenvalue weighted by Crippen LogP contribution is -2.26. The van der Waals surface area contributed by atoms with Crippen molar-refractivity contribution in [2.24, 2.45) is 7.05 Å². The quantitative estimate of drug-likeness (QED) is 0.739. The summed E-state index contributed by atoms with van der Waals surface area (Å²) in [6.07, 6.45) is 3.39. The minimum atomic E-state index is 0.406. The normalized spacial score (nSPS) is 11.3. The van der Waals surface area contributed by atoms with Gasteiger partial charge in [0, 0.05) is 20.1 Å². The van der Waals surface area contributed by atoms with Gasteiger partial charge in [-0.15, -0.1) is 0 Å². The van der Waals surface area contributed by atoms with Crippen molar-refractivity contribution in [2.75, 3.05) is 11.9 Å². The third kappa shape index (κ3) is 1.54. The molecule has 5 heteroatoms. The van der Waals surface area contributed by atoms with Gasteiger partial charge in [-0.05, 0) is 13.8 Å². The van der Waals surface area contributed by atoms with Gasteiger partial charge in [0.05, 0.1) is 11.6 Å². The minimum Gasteiger partial charge on any atom is -0.357 e. The monoisotopic (exact) mass is 205 g/mol. The van der Waals surface area contributed by atoms with Gasteiger partial charge in [-0.3, -0.25) is 4.68 Å². The van der Waals surface area contributed by atoms with Gasteiger partial charge in [0.1, 0.15) is 12.1 Å². The molecule has 2 aromatic rings. The molecule has 80 valence electrons. The maximum atomic E-state index is 4.30. The number of aromatic nitrogens is 4. The summed E-state index contributed by atoms with van der Waals surface area (Å²) in [6, 6.07) is 0.406. The predicted molar refractivity (Wildman–Crippen MR) is 59.8 cm³/mol. The van der Waals surface area contributed by atoms with E-state index in [0.717, 1.165) is 16.9 Å². The molecule has 0 atom stereocenters. The molecule has 0 aliphatic carbocycles. The smallest absolute Gasteiger partial charge is 0.163 e. The van der Waals surface area contributed by atoms with E-state index in [4.69, 9.17) is 0 Å². The number of nitrogens with zero attached hydrogens (tertiary/aromatic N) is 5. The molecule has 0 aliphatic rings. The zero-order chi connectivity index (χ0) is 11.0. The number of rotatable bonds is 2. The molecule has 0 spiro atoms. The second-order valence-electron chi connectivity index (χ2n) is 3.91. The molecule has 0 N–H and O–H groups in total. The molecule has 2 aromatic heterocycles. The zero-order valence-corrected chi connectivity index (χ0v) is 9.47. The number of hydrogen-bond donors (Lipinski definition) is 0. The van der Waals surface area contributed by atoms with Gasteiger partial charge < -0.3 is 4.90 Å². The Morgan fingerprint density at radius 2 is 2.07 bits per heavy atom. The van der Waals surface area contributed by atoms with Crippen LogP contribution in [-0.2, 0) is 7.05 Å². The van der Waals surface area contributed by atoms with Crippen LogP contribution in [0.2, 0.25) is 0 Å². The van der Waals surface area contributed by atoms with Gasteiger partial charge in [0.15, 0.2) is 5.65 Å². The molecular formula is C10H15N5. The van der Waals surface area contributed by atoms with Crippen molar-refractivity contribution in [1.29, 1.82) is 0 Å². The molecule has 0 saturated heterocycles. The molecule has 0 radical (unpaired) electrons. The van der Waals surface area contributed by atoms with Crippen molar-refractivity contribution in [3.8, 4) is 0 Å². The van der Waals surface area contributed by atoms with Crippen molar-refractivity contribution < 1.29 is 0 Å². The van der Waals surface area contributed by atoms with E-state index in [1.165, 1.54) is 0 Å². The summed E-state index contributed by atoms with van der Waals surface area (Å²) in [5, 5.41) is 5.18. The second-order valence-corrected chi connectivity index (χ2v) is 3.91. The van der Waals surface area contributed by atoms with Crippen LogP contribution in [0, 0.1) is 0 Å². The fraction of sp³-hybridized carbons (Fsp3) is 0.500. The molecule has 0 bridgehead atoms. The predicted octanol–water partition coefficient (Wildman–Crippen LogP) is 1.21. The van der Waals surface area contributed by atoms with Crippen LogP contribution in [0.15, 0.2) is 12.5 Å². The highest BCUT2D eigenvalue weighted by Gasteiger charge is 2.13. The van der Waals surface area contributed by atoms with E-state index < -0.39 is 0 Å². The van der Waals surface area contributed by atoms with Gasteiger partial charge in [-0.1, -0.05) is 0 Å². The summed E-state index contributed by atoms with van der Waals surface area (Å²) in [4.78, 5) is 10.6. The maximum Gasteiger partial charge on any atom is 0.163 e. The Hall–Kier alpha value is -1.65. The van der Waals surface area contributed by atoms with E-state index in [2.05, 4.69) is 33.8 Å². The fourth-order valence-corrected chi connectivity index (χ4v) is 1.48. The standard InChI is InChI=1S/C10H15N5/c1-7(2)14(3)9-8-5-13-15(4)10(8)12-6-11-9/h5-7H,1-4H3. The van der Waals surface area contributed by atoms with Crippen molar-refractivity contribution in [3.05, 3.63) is 12.5 Å². The van der Waals surface area contributed by atoms with Crippen LogP contribution < -0.4 is 4.90 Å². The second kappa shape index (κ2) is 3.49. The first-order valence-electron chi connectivity index (χ1n) is 4.97. The van der Waals surface area contributed by atoms with Gasteiger partial charge in [0.2, 0.25) is 0 Å². The van der Waals surface area contributed by atoms with Crippen LogP contribution in [0.1, 0.15) is 13.8 Å². The van der Waals surface area contributed by atoms with E-state index in [1.807, 2.05) is 20.3 Å². The van der Waals surface area contributed by atoms with Crippen LogP contribution in [0.25, 0.3) is 11.0 Å². The SMILES string of the molecule is CC(C)N(C)c1ncnc2c1cnn2C. The average Bonchev–Trinajstić information content (AvgIpc) is 2.59. The van der Waals surface area contributed by atoms with Crippen molar-refractivity contribution in [3.63, 3.8) is 0 Å². The van der Waals surface area contributed by atoms with Crippen molar-refractivity contribution in [1.82, 2.24) is 19.7 Å². The number of anilines is 1. The van der Waals surface area contributed by atoms with Crippen molar-refractivity contribution in [2.45, 2.75) is 19.9 Å². The van der Waals surface area contributed by atoms with Crippen LogP contribution in [0.4, 0.5) is 5.82 Å². The van der Waals surface area contributed by atoms with Crippen molar-refractivity contribution >= 4 is 16.9 Å². The first-order valence-corrected chi connectivity index (χ1v) is 4.97. The van der Waals surface area contributed by atoms with Crippen LogP contribution in [-0.4, -0.2) is 32.8 Å². The zero-order valence-electron chi connectivity index (χ0n) is 9.47. The maximum absolute atomic E-state index is 4.30. The molecule has 2 heterocycles. The fourth-order valence-electron chi connectivity index (χ4n) is 1.48. The Bertz CT molecular complexity index is 474. The van der Waals surface area contributed by atoms with Gasteiger partial charge in [0.25, 0.3) is 0 Å². The summed E-state index contributed by atoms with van der Waals surface area (Å²) in [6.45, 7) is 4.26. The first kappa shape index (κ1) is 9.89. The Labute approximate surface area is 88.7 Å². The van der Waals surface area contributed by atoms with E-state index >= 15 is 0 Å². The highest BCUT2D eigenvalue weighted by Crippen LogP contribution is 2.22. The van der Waals surface area contributed by atoms with Gasteiger partial charge in [-0.25, -0.2) is 9.97 Å². The highest BCUT2D eigenvalue weighted by atomic mass is 15.3. The largest absolute Gasteiger partial charge is 0.357 e. The number of fused-ring (bicyclic) bond motifs is 1. The highest BCUT2D eigenvalue weighted by molar-refractivity contribution is 5.86. The molecule has 2 rings (SSSR count). The third-order valence-corrected chi connectivity index (χ3v) is 2.62. The minimum absolute atomic E-state index is 0.406. The summed E-state index contributed by atoms with van der Waals surface area (Å²) in [5.41, 5.74) is 0.868. The van der Waals surface area contributed by atoms with Gasteiger partial charge >= 0.3 is 0 Å². The number of aryl methyl sites for hydroxylation is 1. The molecule has 0 aliphatic heterocycles. The molecule has 0 unspecified atom stereocenters. The third-order valence-electron chi connectivity index (χ3n) is 2.62. The van der Waals surface area contributed by atoms with Crippen LogP contribution in [0.3, 0.4) is 0 Å². The summed E-state index contributed by atoms with van der Waals surface area (Å²) >= 11 is 0. The molecule has 0 fully saturated rings. The van der Waals surface area contributed by atoms with E-state index in [-0.39, 0.29) is 0 Å². The average molecular weight is 205 g/mol. The topological polar surface area (TPSA) is 46.8 Å². The van der Waals surface area contributed by atoms with E-state index in [9.17, 15) is 0 Å². The summed E-state index contributed by atoms with van der Waals surface area (Å²) < 4.78 is 1.76. The molecule has 0 saturated carbocycles. The van der Waals surface area contributed by atoms with Crippen LogP contribution >= 0.6 is 0 Å². The summed E-state index contributed by atoms with van der Waals surface area (Å²) in [7, 11) is 3.91. The van der Waals surface area contributed by atoms with Gasteiger partial charge in [-0.2, -0.15) is 5.10 Å². The molecule has 0 amide bonds. The Balaban J connectivity index is 2.61. The Morgan fingerprint density at radius 1 is 1.33 bits per heavy atom. The lowest BCUT2D eigenvalue weighted by Gasteiger charge is -2.22. The molecular weight excluding hydrogens is 190 g/mol. The lowest BCUT2D eigenvalue weighted by molar-refractivity contribution is 0.744. The summed E-state index contributed by atoms with van der Waals surface area (Å²) in [5.74, 6) is 0.933. The Kier molecular flexibility index (Phi) is 2.30.